The maximum Gasteiger partial charge on any atom is 0.0796 e. The van der Waals surface area contributed by atoms with E-state index in [1.54, 1.807) is 0 Å². The zero-order valence-corrected chi connectivity index (χ0v) is 8.54. The fraction of sp³-hybridized carbons (Fsp3) is 0.778. The number of hydrogen-bond acceptors (Lipinski definition) is 2. The van der Waals surface area contributed by atoms with Crippen molar-refractivity contribution in [3.63, 3.8) is 0 Å². The van der Waals surface area contributed by atoms with Crippen LogP contribution in [0.5, 0.6) is 0 Å². The first-order chi connectivity index (χ1) is 5.83. The first-order valence-electron chi connectivity index (χ1n) is 4.69. The van der Waals surface area contributed by atoms with Crippen molar-refractivity contribution in [1.29, 1.82) is 0 Å². The Kier molecular flexibility index (Phi) is 6.34. The normalized spacial score (nSPS) is 9.00. The number of unbranched alkanes of at least 4 members (excludes halogenated alkanes) is 1. The van der Waals surface area contributed by atoms with Crippen LogP contribution in [0.1, 0.15) is 39.3 Å². The molecule has 0 fully saturated rings. The minimum absolute atomic E-state index is 0.996. The number of nitrogens with zero attached hydrogens (tertiary/aromatic N) is 3. The highest BCUT2D eigenvalue weighted by atomic mass is 15.4. The van der Waals surface area contributed by atoms with Crippen LogP contribution in [0.2, 0.25) is 0 Å². The Balaban J connectivity index is 0.000000561. The summed E-state index contributed by atoms with van der Waals surface area (Å²) in [6.45, 7) is 9.12. The van der Waals surface area contributed by atoms with Gasteiger partial charge in [0.15, 0.2) is 0 Å². The van der Waals surface area contributed by atoms with Gasteiger partial charge in [0, 0.05) is 12.7 Å². The lowest BCUT2D eigenvalue weighted by molar-refractivity contribution is 0.553. The molecule has 3 heteroatoms. The van der Waals surface area contributed by atoms with Crippen molar-refractivity contribution < 1.29 is 0 Å². The Morgan fingerprint density at radius 1 is 1.42 bits per heavy atom. The van der Waals surface area contributed by atoms with Crippen molar-refractivity contribution in [2.45, 2.75) is 47.1 Å². The van der Waals surface area contributed by atoms with E-state index in [0.717, 1.165) is 12.2 Å². The van der Waals surface area contributed by atoms with Gasteiger partial charge in [-0.15, -0.1) is 5.10 Å². The molecule has 1 heterocycles. The van der Waals surface area contributed by atoms with Crippen LogP contribution >= 0.6 is 0 Å². The van der Waals surface area contributed by atoms with Crippen LogP contribution in [0.4, 0.5) is 0 Å². The average molecular weight is 169 g/mol. The predicted molar refractivity (Wildman–Crippen MR) is 51.0 cm³/mol. The third-order valence-corrected chi connectivity index (χ3v) is 1.39. The summed E-state index contributed by atoms with van der Waals surface area (Å²) in [5.74, 6) is 0. The Hall–Kier alpha value is -0.860. The monoisotopic (exact) mass is 169 g/mol. The quantitative estimate of drug-likeness (QED) is 0.695. The minimum Gasteiger partial charge on any atom is -0.252 e. The predicted octanol–water partition coefficient (Wildman–Crippen LogP) is 2.41. The van der Waals surface area contributed by atoms with Crippen LogP contribution in [0.15, 0.2) is 6.20 Å². The lowest BCUT2D eigenvalue weighted by Crippen LogP contribution is -1.97. The Morgan fingerprint density at radius 3 is 2.50 bits per heavy atom. The van der Waals surface area contributed by atoms with E-state index in [4.69, 9.17) is 0 Å². The van der Waals surface area contributed by atoms with E-state index in [0.29, 0.717) is 0 Å². The van der Waals surface area contributed by atoms with Gasteiger partial charge in [-0.1, -0.05) is 32.4 Å². The van der Waals surface area contributed by atoms with Crippen molar-refractivity contribution in [3.8, 4) is 0 Å². The smallest absolute Gasteiger partial charge is 0.0796 e. The van der Waals surface area contributed by atoms with Crippen LogP contribution < -0.4 is 0 Å². The van der Waals surface area contributed by atoms with Crippen molar-refractivity contribution in [2.75, 3.05) is 0 Å². The van der Waals surface area contributed by atoms with Gasteiger partial charge in [0.1, 0.15) is 0 Å². The van der Waals surface area contributed by atoms with Crippen LogP contribution in [0, 0.1) is 6.92 Å². The van der Waals surface area contributed by atoms with E-state index in [-0.39, 0.29) is 0 Å². The van der Waals surface area contributed by atoms with Crippen molar-refractivity contribution in [1.82, 2.24) is 15.0 Å². The van der Waals surface area contributed by atoms with E-state index in [2.05, 4.69) is 17.2 Å². The van der Waals surface area contributed by atoms with Gasteiger partial charge in [-0.2, -0.15) is 0 Å². The number of hydrogen-bond donors (Lipinski definition) is 0. The van der Waals surface area contributed by atoms with Crippen LogP contribution in [0.25, 0.3) is 0 Å². The molecule has 0 spiro atoms. The van der Waals surface area contributed by atoms with Gasteiger partial charge in [0.2, 0.25) is 0 Å². The van der Waals surface area contributed by atoms with Gasteiger partial charge in [-0.05, 0) is 13.3 Å². The summed E-state index contributed by atoms with van der Waals surface area (Å²) in [5, 5.41) is 7.80. The van der Waals surface area contributed by atoms with Gasteiger partial charge in [0.25, 0.3) is 0 Å². The zero-order valence-electron chi connectivity index (χ0n) is 8.54. The Bertz CT molecular complexity index is 193. The highest BCUT2D eigenvalue weighted by Crippen LogP contribution is 1.93. The Labute approximate surface area is 74.8 Å². The van der Waals surface area contributed by atoms with Gasteiger partial charge in [-0.25, -0.2) is 0 Å². The molecule has 0 unspecified atom stereocenters. The molecule has 0 bridgehead atoms. The molecule has 3 nitrogen and oxygen atoms in total. The average Bonchev–Trinajstić information content (AvgIpc) is 2.51. The molecular formula is C9H19N3. The summed E-state index contributed by atoms with van der Waals surface area (Å²) in [7, 11) is 0. The fourth-order valence-corrected chi connectivity index (χ4v) is 0.825. The molecule has 1 rings (SSSR count). The van der Waals surface area contributed by atoms with Crippen molar-refractivity contribution >= 4 is 0 Å². The van der Waals surface area contributed by atoms with Gasteiger partial charge >= 0.3 is 0 Å². The molecule has 0 aliphatic heterocycles. The molecule has 12 heavy (non-hydrogen) atoms. The second-order valence-electron chi connectivity index (χ2n) is 2.48. The third kappa shape index (κ3) is 4.11. The topological polar surface area (TPSA) is 30.7 Å². The van der Waals surface area contributed by atoms with E-state index < -0.39 is 0 Å². The number of rotatable bonds is 3. The van der Waals surface area contributed by atoms with Crippen molar-refractivity contribution in [3.05, 3.63) is 11.9 Å². The highest BCUT2D eigenvalue weighted by molar-refractivity contribution is 4.86. The summed E-state index contributed by atoms with van der Waals surface area (Å²) >= 11 is 0. The standard InChI is InChI=1S/C7H13N3.C2H6/c1-3-4-5-10-6-7(2)8-9-10;1-2/h6H,3-5H2,1-2H3;1-2H3. The highest BCUT2D eigenvalue weighted by Gasteiger charge is 1.92. The summed E-state index contributed by atoms with van der Waals surface area (Å²) in [6, 6.07) is 0. The number of aromatic nitrogens is 3. The van der Waals surface area contributed by atoms with Gasteiger partial charge in [-0.3, -0.25) is 4.68 Å². The van der Waals surface area contributed by atoms with Crippen molar-refractivity contribution in [2.24, 2.45) is 0 Å². The van der Waals surface area contributed by atoms with E-state index in [1.807, 2.05) is 31.6 Å². The molecule has 0 saturated carbocycles. The summed E-state index contributed by atoms with van der Waals surface area (Å²) in [5.41, 5.74) is 0.996. The molecule has 0 aromatic carbocycles. The first-order valence-corrected chi connectivity index (χ1v) is 4.69. The third-order valence-electron chi connectivity index (χ3n) is 1.39. The molecule has 1 aromatic heterocycles. The SMILES string of the molecule is CC.CCCCn1cc(C)nn1. The second kappa shape index (κ2) is 6.83. The van der Waals surface area contributed by atoms with Gasteiger partial charge < -0.3 is 0 Å². The summed E-state index contributed by atoms with van der Waals surface area (Å²) in [6.07, 6.45) is 4.36. The Morgan fingerprint density at radius 2 is 2.08 bits per heavy atom. The first kappa shape index (κ1) is 11.1. The van der Waals surface area contributed by atoms with Gasteiger partial charge in [0.05, 0.1) is 5.69 Å². The molecular weight excluding hydrogens is 150 g/mol. The number of aryl methyl sites for hydroxylation is 2. The van der Waals surface area contributed by atoms with Crippen LogP contribution in [0.3, 0.4) is 0 Å². The zero-order chi connectivity index (χ0) is 9.40. The van der Waals surface area contributed by atoms with Crippen LogP contribution in [-0.2, 0) is 6.54 Å². The molecule has 0 aliphatic rings. The summed E-state index contributed by atoms with van der Waals surface area (Å²) < 4.78 is 1.89. The molecule has 0 saturated heterocycles. The molecule has 0 aliphatic carbocycles. The van der Waals surface area contributed by atoms with E-state index in [1.165, 1.54) is 12.8 Å². The maximum atomic E-state index is 3.92. The second-order valence-corrected chi connectivity index (χ2v) is 2.48. The van der Waals surface area contributed by atoms with E-state index in [9.17, 15) is 0 Å². The summed E-state index contributed by atoms with van der Waals surface area (Å²) in [4.78, 5) is 0. The van der Waals surface area contributed by atoms with E-state index >= 15 is 0 Å². The fourth-order valence-electron chi connectivity index (χ4n) is 0.825. The molecule has 1 aromatic rings. The molecule has 0 N–H and O–H groups in total. The molecule has 70 valence electrons. The lowest BCUT2D eigenvalue weighted by Gasteiger charge is -1.94. The molecule has 0 amide bonds. The minimum atomic E-state index is 0.996. The lowest BCUT2D eigenvalue weighted by atomic mass is 10.3. The molecule has 0 radical (unpaired) electrons. The molecule has 0 atom stereocenters. The van der Waals surface area contributed by atoms with Crippen LogP contribution in [-0.4, -0.2) is 15.0 Å². The maximum absolute atomic E-state index is 3.92. The largest absolute Gasteiger partial charge is 0.252 e.